The molecule has 68 valence electrons. The third-order valence-corrected chi connectivity index (χ3v) is 2.05. The quantitative estimate of drug-likeness (QED) is 0.601. The van der Waals surface area contributed by atoms with Gasteiger partial charge in [0.05, 0.1) is 0 Å². The van der Waals surface area contributed by atoms with Gasteiger partial charge in [0.1, 0.15) is 0 Å². The molecule has 0 spiro atoms. The lowest BCUT2D eigenvalue weighted by atomic mass is 9.96. The first-order chi connectivity index (χ1) is 4.79. The molecule has 0 atom stereocenters. The summed E-state index contributed by atoms with van der Waals surface area (Å²) < 4.78 is 0. The average molecular weight is 159 g/mol. The van der Waals surface area contributed by atoms with Gasteiger partial charge < -0.3 is 6.15 Å². The molecule has 1 aliphatic rings. The Hall–Kier alpha value is -0.120. The molecule has 4 N–H and O–H groups in total. The van der Waals surface area contributed by atoms with Crippen LogP contribution in [0.3, 0.4) is 0 Å². The van der Waals surface area contributed by atoms with Gasteiger partial charge in [-0.2, -0.15) is 0 Å². The van der Waals surface area contributed by atoms with Gasteiger partial charge in [0, 0.05) is 20.1 Å². The second kappa shape index (κ2) is 5.52. The predicted molar refractivity (Wildman–Crippen MR) is 48.7 cm³/mol. The van der Waals surface area contributed by atoms with Crippen LogP contribution in [0.5, 0.6) is 0 Å². The van der Waals surface area contributed by atoms with E-state index in [4.69, 9.17) is 0 Å². The first kappa shape index (κ1) is 10.9. The van der Waals surface area contributed by atoms with Crippen molar-refractivity contribution in [3.63, 3.8) is 0 Å². The van der Waals surface area contributed by atoms with Gasteiger partial charge >= 0.3 is 0 Å². The molecule has 0 unspecified atom stereocenters. The SMILES string of the molecule is CN(C)NC1CCCCC1.N. The van der Waals surface area contributed by atoms with Crippen LogP contribution in [0.2, 0.25) is 0 Å². The Kier molecular flexibility index (Phi) is 5.46. The number of hydrogen-bond acceptors (Lipinski definition) is 3. The monoisotopic (exact) mass is 159 g/mol. The highest BCUT2D eigenvalue weighted by Crippen LogP contribution is 2.17. The second-order valence-corrected chi connectivity index (χ2v) is 3.36. The lowest BCUT2D eigenvalue weighted by Crippen LogP contribution is -2.40. The summed E-state index contributed by atoms with van der Waals surface area (Å²) >= 11 is 0. The normalized spacial score (nSPS) is 19.9. The van der Waals surface area contributed by atoms with Crippen molar-refractivity contribution in [2.75, 3.05) is 14.1 Å². The summed E-state index contributed by atoms with van der Waals surface area (Å²) in [4.78, 5) is 0. The number of nitrogens with one attached hydrogen (secondary N) is 1. The van der Waals surface area contributed by atoms with Crippen LogP contribution in [0.15, 0.2) is 0 Å². The van der Waals surface area contributed by atoms with Crippen molar-refractivity contribution in [1.82, 2.24) is 16.6 Å². The van der Waals surface area contributed by atoms with Crippen LogP contribution in [0, 0.1) is 0 Å². The van der Waals surface area contributed by atoms with Crippen LogP contribution in [0.1, 0.15) is 32.1 Å². The van der Waals surface area contributed by atoms with E-state index in [0.29, 0.717) is 0 Å². The zero-order valence-electron chi connectivity index (χ0n) is 7.77. The zero-order chi connectivity index (χ0) is 7.40. The van der Waals surface area contributed by atoms with Crippen molar-refractivity contribution in [3.8, 4) is 0 Å². The Morgan fingerprint density at radius 2 is 1.64 bits per heavy atom. The highest BCUT2D eigenvalue weighted by Gasteiger charge is 2.12. The summed E-state index contributed by atoms with van der Waals surface area (Å²) in [5.74, 6) is 0. The fourth-order valence-corrected chi connectivity index (χ4v) is 1.60. The average Bonchev–Trinajstić information content (AvgIpc) is 1.88. The Morgan fingerprint density at radius 3 is 2.09 bits per heavy atom. The van der Waals surface area contributed by atoms with E-state index in [2.05, 4.69) is 24.5 Å². The van der Waals surface area contributed by atoms with E-state index in [9.17, 15) is 0 Å². The molecule has 0 aromatic carbocycles. The van der Waals surface area contributed by atoms with Crippen LogP contribution < -0.4 is 11.6 Å². The van der Waals surface area contributed by atoms with Crippen LogP contribution in [0.25, 0.3) is 0 Å². The summed E-state index contributed by atoms with van der Waals surface area (Å²) in [6.45, 7) is 0. The van der Waals surface area contributed by atoms with Crippen molar-refractivity contribution >= 4 is 0 Å². The van der Waals surface area contributed by atoms with E-state index in [1.807, 2.05) is 0 Å². The van der Waals surface area contributed by atoms with E-state index < -0.39 is 0 Å². The Morgan fingerprint density at radius 1 is 1.09 bits per heavy atom. The lowest BCUT2D eigenvalue weighted by Gasteiger charge is -2.26. The summed E-state index contributed by atoms with van der Waals surface area (Å²) in [5.41, 5.74) is 3.42. The third kappa shape index (κ3) is 4.35. The molecule has 1 saturated carbocycles. The largest absolute Gasteiger partial charge is 0.344 e. The van der Waals surface area contributed by atoms with E-state index in [0.717, 1.165) is 6.04 Å². The molecule has 1 aliphatic carbocycles. The Bertz CT molecular complexity index is 87.3. The van der Waals surface area contributed by atoms with Gasteiger partial charge in [-0.3, -0.25) is 10.4 Å². The fourth-order valence-electron chi connectivity index (χ4n) is 1.60. The molecule has 0 aliphatic heterocycles. The highest BCUT2D eigenvalue weighted by molar-refractivity contribution is 4.69. The Labute approximate surface area is 69.7 Å². The summed E-state index contributed by atoms with van der Waals surface area (Å²) in [6.07, 6.45) is 6.97. The third-order valence-electron chi connectivity index (χ3n) is 2.05. The number of rotatable bonds is 2. The lowest BCUT2D eigenvalue weighted by molar-refractivity contribution is 0.207. The van der Waals surface area contributed by atoms with Gasteiger partial charge in [-0.05, 0) is 12.8 Å². The van der Waals surface area contributed by atoms with Gasteiger partial charge in [-0.1, -0.05) is 19.3 Å². The van der Waals surface area contributed by atoms with Crippen molar-refractivity contribution in [2.45, 2.75) is 38.1 Å². The molecule has 0 amide bonds. The number of hydrazine groups is 1. The molecular formula is C8H21N3. The van der Waals surface area contributed by atoms with Gasteiger partial charge in [0.25, 0.3) is 0 Å². The van der Waals surface area contributed by atoms with Crippen molar-refractivity contribution in [2.24, 2.45) is 0 Å². The number of nitrogens with zero attached hydrogens (tertiary/aromatic N) is 1. The minimum absolute atomic E-state index is 0. The molecule has 11 heavy (non-hydrogen) atoms. The standard InChI is InChI=1S/C8H18N2.H3N/c1-10(2)9-8-6-4-3-5-7-8;/h8-9H,3-7H2,1-2H3;1H3. The molecule has 0 radical (unpaired) electrons. The molecule has 0 aromatic rings. The maximum Gasteiger partial charge on any atom is 0.0215 e. The minimum Gasteiger partial charge on any atom is -0.344 e. The molecule has 0 aromatic heterocycles. The first-order valence-electron chi connectivity index (χ1n) is 4.22. The van der Waals surface area contributed by atoms with Crippen LogP contribution in [0.4, 0.5) is 0 Å². The van der Waals surface area contributed by atoms with Crippen molar-refractivity contribution in [1.29, 1.82) is 0 Å². The zero-order valence-corrected chi connectivity index (χ0v) is 7.77. The highest BCUT2D eigenvalue weighted by atomic mass is 15.5. The molecule has 3 heteroatoms. The van der Waals surface area contributed by atoms with E-state index in [-0.39, 0.29) is 6.15 Å². The van der Waals surface area contributed by atoms with Crippen molar-refractivity contribution < 1.29 is 0 Å². The minimum atomic E-state index is 0. The van der Waals surface area contributed by atoms with Crippen LogP contribution in [-0.2, 0) is 0 Å². The van der Waals surface area contributed by atoms with E-state index in [1.165, 1.54) is 32.1 Å². The van der Waals surface area contributed by atoms with Crippen LogP contribution in [-0.4, -0.2) is 25.1 Å². The van der Waals surface area contributed by atoms with Gasteiger partial charge in [-0.25, -0.2) is 0 Å². The smallest absolute Gasteiger partial charge is 0.0215 e. The second-order valence-electron chi connectivity index (χ2n) is 3.36. The topological polar surface area (TPSA) is 50.3 Å². The molecule has 0 heterocycles. The molecule has 1 fully saturated rings. The van der Waals surface area contributed by atoms with Gasteiger partial charge in [0.2, 0.25) is 0 Å². The van der Waals surface area contributed by atoms with E-state index in [1.54, 1.807) is 0 Å². The summed E-state index contributed by atoms with van der Waals surface area (Å²) in [7, 11) is 4.13. The fraction of sp³-hybridized carbons (Fsp3) is 1.00. The maximum absolute atomic E-state index is 3.42. The first-order valence-corrected chi connectivity index (χ1v) is 4.22. The summed E-state index contributed by atoms with van der Waals surface area (Å²) in [5, 5.41) is 2.07. The Balaban J connectivity index is 0.000001000. The molecule has 3 nitrogen and oxygen atoms in total. The van der Waals surface area contributed by atoms with Crippen molar-refractivity contribution in [3.05, 3.63) is 0 Å². The molecule has 0 saturated heterocycles. The number of hydrogen-bond donors (Lipinski definition) is 2. The molecular weight excluding hydrogens is 138 g/mol. The van der Waals surface area contributed by atoms with Gasteiger partial charge in [0.15, 0.2) is 0 Å². The predicted octanol–water partition coefficient (Wildman–Crippen LogP) is 1.55. The maximum atomic E-state index is 3.42. The summed E-state index contributed by atoms with van der Waals surface area (Å²) in [6, 6.07) is 0.753. The van der Waals surface area contributed by atoms with E-state index >= 15 is 0 Å². The molecule has 0 bridgehead atoms. The molecule has 1 rings (SSSR count). The van der Waals surface area contributed by atoms with Gasteiger partial charge in [-0.15, -0.1) is 0 Å². The van der Waals surface area contributed by atoms with Crippen LogP contribution >= 0.6 is 0 Å².